The summed E-state index contributed by atoms with van der Waals surface area (Å²) in [6.07, 6.45) is 4.84. The molecule has 3 aromatic rings. The predicted molar refractivity (Wildman–Crippen MR) is 114 cm³/mol. The number of ether oxygens (including phenoxy) is 1. The van der Waals surface area contributed by atoms with Crippen molar-refractivity contribution in [3.8, 4) is 11.1 Å². The van der Waals surface area contributed by atoms with Crippen molar-refractivity contribution < 1.29 is 9.53 Å². The van der Waals surface area contributed by atoms with E-state index in [1.54, 1.807) is 19.2 Å². The molecule has 0 spiro atoms. The second-order valence-electron chi connectivity index (χ2n) is 7.05. The van der Waals surface area contributed by atoms with E-state index in [0.717, 1.165) is 5.56 Å². The summed E-state index contributed by atoms with van der Waals surface area (Å²) in [4.78, 5) is 26.2. The minimum absolute atomic E-state index is 0.0489. The number of rotatable bonds is 5. The van der Waals surface area contributed by atoms with E-state index in [1.807, 2.05) is 36.4 Å². The third-order valence-electron chi connectivity index (χ3n) is 5.13. The standard InChI is InChI=1S/C24H22N2O3/c1-16-13-17(14-26-23(16)27)7-6-12-25-24(28)29-15-22-20-10-4-2-8-18(20)19-9-3-5-11-21(19)22/h2-11,13-14,22H,12,15H2,1H3,(H,25,28)(H,26,27). The number of aryl methyl sites for hydroxylation is 1. The van der Waals surface area contributed by atoms with Crippen LogP contribution in [0.2, 0.25) is 0 Å². The Hall–Kier alpha value is -3.60. The summed E-state index contributed by atoms with van der Waals surface area (Å²) >= 11 is 0. The molecular weight excluding hydrogens is 364 g/mol. The van der Waals surface area contributed by atoms with Crippen LogP contribution in [0.25, 0.3) is 17.2 Å². The van der Waals surface area contributed by atoms with Crippen LogP contribution in [0.3, 0.4) is 0 Å². The molecule has 5 nitrogen and oxygen atoms in total. The third-order valence-corrected chi connectivity index (χ3v) is 5.13. The number of benzene rings is 2. The van der Waals surface area contributed by atoms with E-state index >= 15 is 0 Å². The molecule has 1 heterocycles. The molecule has 4 rings (SSSR count). The second-order valence-corrected chi connectivity index (χ2v) is 7.05. The summed E-state index contributed by atoms with van der Waals surface area (Å²) in [5.74, 6) is 0.0489. The van der Waals surface area contributed by atoms with Gasteiger partial charge in [0.05, 0.1) is 0 Å². The Morgan fingerprint density at radius 3 is 2.41 bits per heavy atom. The van der Waals surface area contributed by atoms with Gasteiger partial charge in [0.25, 0.3) is 5.56 Å². The van der Waals surface area contributed by atoms with Gasteiger partial charge in [0.1, 0.15) is 6.61 Å². The summed E-state index contributed by atoms with van der Waals surface area (Å²) in [5, 5.41) is 2.73. The number of H-pyrrole nitrogens is 1. The highest BCUT2D eigenvalue weighted by molar-refractivity contribution is 5.79. The first-order valence-electron chi connectivity index (χ1n) is 9.58. The lowest BCUT2D eigenvalue weighted by Gasteiger charge is -2.14. The Labute approximate surface area is 169 Å². The fourth-order valence-corrected chi connectivity index (χ4v) is 3.70. The average molecular weight is 386 g/mol. The van der Waals surface area contributed by atoms with Crippen molar-refractivity contribution in [2.45, 2.75) is 12.8 Å². The number of fused-ring (bicyclic) bond motifs is 3. The minimum Gasteiger partial charge on any atom is -0.449 e. The van der Waals surface area contributed by atoms with Crippen LogP contribution in [0, 0.1) is 6.92 Å². The SMILES string of the molecule is Cc1cc(C=CCNC(=O)OCC2c3ccccc3-c3ccccc32)c[nH]c1=O. The fourth-order valence-electron chi connectivity index (χ4n) is 3.70. The van der Waals surface area contributed by atoms with Gasteiger partial charge in [-0.15, -0.1) is 0 Å². The molecule has 2 aromatic carbocycles. The Morgan fingerprint density at radius 1 is 1.10 bits per heavy atom. The molecule has 0 unspecified atom stereocenters. The Bertz CT molecular complexity index is 1090. The van der Waals surface area contributed by atoms with Crippen LogP contribution in [-0.4, -0.2) is 24.2 Å². The van der Waals surface area contributed by atoms with Gasteiger partial charge in [-0.1, -0.05) is 60.7 Å². The zero-order valence-electron chi connectivity index (χ0n) is 16.1. The van der Waals surface area contributed by atoms with Crippen molar-refractivity contribution in [2.24, 2.45) is 0 Å². The number of alkyl carbamates (subject to hydrolysis) is 1. The molecule has 0 saturated heterocycles. The molecule has 1 amide bonds. The highest BCUT2D eigenvalue weighted by Gasteiger charge is 2.28. The maximum absolute atomic E-state index is 12.1. The normalized spacial score (nSPS) is 12.6. The Kier molecular flexibility index (Phi) is 5.29. The van der Waals surface area contributed by atoms with Gasteiger partial charge in [-0.05, 0) is 40.8 Å². The van der Waals surface area contributed by atoms with Gasteiger partial charge >= 0.3 is 6.09 Å². The summed E-state index contributed by atoms with van der Waals surface area (Å²) in [5.41, 5.74) is 6.21. The summed E-state index contributed by atoms with van der Waals surface area (Å²) in [6.45, 7) is 2.39. The quantitative estimate of drug-likeness (QED) is 0.689. The average Bonchev–Trinajstić information content (AvgIpc) is 3.06. The predicted octanol–water partition coefficient (Wildman–Crippen LogP) is 4.24. The lowest BCUT2D eigenvalue weighted by molar-refractivity contribution is 0.144. The number of aromatic nitrogens is 1. The molecule has 5 heteroatoms. The van der Waals surface area contributed by atoms with Crippen LogP contribution in [0.1, 0.15) is 28.2 Å². The molecule has 146 valence electrons. The van der Waals surface area contributed by atoms with Crippen molar-refractivity contribution in [2.75, 3.05) is 13.2 Å². The van der Waals surface area contributed by atoms with Crippen LogP contribution < -0.4 is 10.9 Å². The van der Waals surface area contributed by atoms with Crippen molar-refractivity contribution in [1.29, 1.82) is 0 Å². The highest BCUT2D eigenvalue weighted by Crippen LogP contribution is 2.44. The molecule has 29 heavy (non-hydrogen) atoms. The molecule has 0 radical (unpaired) electrons. The Balaban J connectivity index is 1.34. The summed E-state index contributed by atoms with van der Waals surface area (Å²) in [7, 11) is 0. The number of aromatic amines is 1. The van der Waals surface area contributed by atoms with Gasteiger partial charge in [-0.3, -0.25) is 4.79 Å². The zero-order chi connectivity index (χ0) is 20.2. The smallest absolute Gasteiger partial charge is 0.407 e. The van der Waals surface area contributed by atoms with Crippen LogP contribution in [-0.2, 0) is 4.74 Å². The largest absolute Gasteiger partial charge is 0.449 e. The van der Waals surface area contributed by atoms with Gasteiger partial charge in [0.2, 0.25) is 0 Å². The lowest BCUT2D eigenvalue weighted by atomic mass is 9.98. The number of nitrogens with one attached hydrogen (secondary N) is 2. The van der Waals surface area contributed by atoms with Gasteiger partial charge in [0, 0.05) is 24.2 Å². The zero-order valence-corrected chi connectivity index (χ0v) is 16.1. The molecule has 0 atom stereocenters. The van der Waals surface area contributed by atoms with Crippen molar-refractivity contribution in [3.05, 3.63) is 99.5 Å². The first kappa shape index (κ1) is 18.7. The number of hydrogen-bond acceptors (Lipinski definition) is 3. The van der Waals surface area contributed by atoms with Crippen LogP contribution in [0.5, 0.6) is 0 Å². The highest BCUT2D eigenvalue weighted by atomic mass is 16.5. The number of carbonyl (C=O) groups is 1. The van der Waals surface area contributed by atoms with Crippen LogP contribution in [0.4, 0.5) is 4.79 Å². The van der Waals surface area contributed by atoms with Crippen molar-refractivity contribution in [1.82, 2.24) is 10.3 Å². The van der Waals surface area contributed by atoms with Crippen molar-refractivity contribution in [3.63, 3.8) is 0 Å². The maximum Gasteiger partial charge on any atom is 0.407 e. The second kappa shape index (κ2) is 8.19. The molecule has 0 fully saturated rings. The fraction of sp³-hybridized carbons (Fsp3) is 0.167. The van der Waals surface area contributed by atoms with E-state index in [4.69, 9.17) is 4.74 Å². The van der Waals surface area contributed by atoms with Crippen LogP contribution >= 0.6 is 0 Å². The van der Waals surface area contributed by atoms with E-state index in [1.165, 1.54) is 22.3 Å². The first-order chi connectivity index (χ1) is 14.1. The molecule has 0 aliphatic heterocycles. The third kappa shape index (κ3) is 3.99. The van der Waals surface area contributed by atoms with Crippen molar-refractivity contribution >= 4 is 12.2 Å². The monoisotopic (exact) mass is 386 g/mol. The van der Waals surface area contributed by atoms with Gasteiger partial charge in [0.15, 0.2) is 0 Å². The molecule has 2 N–H and O–H groups in total. The van der Waals surface area contributed by atoms with E-state index in [2.05, 4.69) is 34.6 Å². The molecular formula is C24H22N2O3. The summed E-state index contributed by atoms with van der Waals surface area (Å²) in [6, 6.07) is 18.3. The van der Waals surface area contributed by atoms with E-state index in [0.29, 0.717) is 18.7 Å². The molecule has 1 aromatic heterocycles. The molecule has 1 aliphatic rings. The Morgan fingerprint density at radius 2 is 1.76 bits per heavy atom. The number of hydrogen-bond donors (Lipinski definition) is 2. The number of pyridine rings is 1. The molecule has 0 bridgehead atoms. The maximum atomic E-state index is 12.1. The minimum atomic E-state index is -0.450. The number of amides is 1. The first-order valence-corrected chi connectivity index (χ1v) is 9.58. The van der Waals surface area contributed by atoms with Crippen LogP contribution in [0.15, 0.2) is 71.7 Å². The van der Waals surface area contributed by atoms with E-state index < -0.39 is 6.09 Å². The topological polar surface area (TPSA) is 71.2 Å². The van der Waals surface area contributed by atoms with E-state index in [9.17, 15) is 9.59 Å². The lowest BCUT2D eigenvalue weighted by Crippen LogP contribution is -2.26. The van der Waals surface area contributed by atoms with Gasteiger partial charge in [-0.2, -0.15) is 0 Å². The molecule has 1 aliphatic carbocycles. The summed E-state index contributed by atoms with van der Waals surface area (Å²) < 4.78 is 5.50. The van der Waals surface area contributed by atoms with E-state index in [-0.39, 0.29) is 11.5 Å². The van der Waals surface area contributed by atoms with Gasteiger partial charge in [-0.25, -0.2) is 4.79 Å². The van der Waals surface area contributed by atoms with Gasteiger partial charge < -0.3 is 15.0 Å². The molecule has 0 saturated carbocycles. The number of carbonyl (C=O) groups excluding carboxylic acids is 1.